The van der Waals surface area contributed by atoms with Crippen LogP contribution >= 0.6 is 0 Å². The molecule has 0 bridgehead atoms. The van der Waals surface area contributed by atoms with Crippen LogP contribution in [0.3, 0.4) is 0 Å². The fourth-order valence-electron chi connectivity index (χ4n) is 1.62. The van der Waals surface area contributed by atoms with Crippen LogP contribution in [0.2, 0.25) is 0 Å². The van der Waals surface area contributed by atoms with Crippen LogP contribution in [-0.4, -0.2) is 20.7 Å². The SMILES string of the molecule is O=S1C=C(O)c2cccnc2C1CC(F)F. The van der Waals surface area contributed by atoms with Crippen LogP contribution in [0, 0.1) is 0 Å². The summed E-state index contributed by atoms with van der Waals surface area (Å²) in [5.74, 6) is -0.160. The van der Waals surface area contributed by atoms with Gasteiger partial charge in [-0.1, -0.05) is 0 Å². The lowest BCUT2D eigenvalue weighted by Gasteiger charge is -2.20. The minimum absolute atomic E-state index is 0.160. The van der Waals surface area contributed by atoms with Gasteiger partial charge in [0.1, 0.15) is 5.76 Å². The van der Waals surface area contributed by atoms with E-state index in [9.17, 15) is 18.1 Å². The predicted octanol–water partition coefficient (Wildman–Crippen LogP) is 2.40. The van der Waals surface area contributed by atoms with Crippen molar-refractivity contribution in [3.05, 3.63) is 35.0 Å². The normalized spacial score (nSPS) is 24.1. The Bertz CT molecular complexity index is 462. The molecule has 1 aromatic rings. The summed E-state index contributed by atoms with van der Waals surface area (Å²) in [4.78, 5) is 3.93. The molecule has 3 nitrogen and oxygen atoms in total. The first-order valence-corrected chi connectivity index (χ1v) is 5.91. The zero-order valence-electron chi connectivity index (χ0n) is 8.14. The van der Waals surface area contributed by atoms with Gasteiger partial charge in [-0.2, -0.15) is 0 Å². The number of aromatic nitrogens is 1. The molecule has 2 unspecified atom stereocenters. The Morgan fingerprint density at radius 2 is 2.31 bits per heavy atom. The van der Waals surface area contributed by atoms with Gasteiger partial charge >= 0.3 is 0 Å². The maximum atomic E-state index is 12.3. The van der Waals surface area contributed by atoms with Crippen LogP contribution in [0.1, 0.15) is 22.9 Å². The molecule has 0 spiro atoms. The van der Waals surface area contributed by atoms with Crippen molar-refractivity contribution < 1.29 is 18.1 Å². The van der Waals surface area contributed by atoms with Crippen molar-refractivity contribution >= 4 is 16.6 Å². The number of alkyl halides is 2. The molecule has 0 aliphatic carbocycles. The molecule has 0 amide bonds. The molecule has 1 aromatic heterocycles. The van der Waals surface area contributed by atoms with Gasteiger partial charge in [0.25, 0.3) is 0 Å². The van der Waals surface area contributed by atoms with Gasteiger partial charge in [-0.3, -0.25) is 9.19 Å². The number of aliphatic hydroxyl groups excluding tert-OH is 1. The number of aliphatic hydroxyl groups is 1. The summed E-state index contributed by atoms with van der Waals surface area (Å²) in [6.07, 6.45) is -1.62. The molecule has 0 saturated heterocycles. The van der Waals surface area contributed by atoms with Gasteiger partial charge in [0.15, 0.2) is 0 Å². The van der Waals surface area contributed by atoms with Crippen LogP contribution in [0.25, 0.3) is 5.76 Å². The summed E-state index contributed by atoms with van der Waals surface area (Å²) in [5, 5.41) is 9.78. The van der Waals surface area contributed by atoms with Gasteiger partial charge < -0.3 is 5.11 Å². The molecule has 0 fully saturated rings. The van der Waals surface area contributed by atoms with E-state index in [1.807, 2.05) is 0 Å². The number of fused-ring (bicyclic) bond motifs is 1. The molecule has 16 heavy (non-hydrogen) atoms. The third kappa shape index (κ3) is 1.97. The molecule has 0 saturated carbocycles. The number of rotatable bonds is 2. The van der Waals surface area contributed by atoms with Crippen LogP contribution < -0.4 is 0 Å². The predicted molar refractivity (Wildman–Crippen MR) is 56.3 cm³/mol. The van der Waals surface area contributed by atoms with Gasteiger partial charge in [-0.15, -0.1) is 0 Å². The lowest BCUT2D eigenvalue weighted by atomic mass is 10.1. The van der Waals surface area contributed by atoms with E-state index in [-0.39, 0.29) is 11.5 Å². The Morgan fingerprint density at radius 1 is 1.56 bits per heavy atom. The summed E-state index contributed by atoms with van der Waals surface area (Å²) in [6, 6.07) is 3.17. The Labute approximate surface area is 93.3 Å². The first-order chi connectivity index (χ1) is 7.59. The number of pyridine rings is 1. The standard InChI is InChI=1S/C10H9F2NO2S/c11-9(12)4-8-10-6(2-1-3-13-10)7(14)5-16(8)15/h1-3,5,8-9,14H,4H2. The topological polar surface area (TPSA) is 50.2 Å². The molecule has 86 valence electrons. The minimum Gasteiger partial charge on any atom is -0.507 e. The highest BCUT2D eigenvalue weighted by Gasteiger charge is 2.30. The number of nitrogens with zero attached hydrogens (tertiary/aromatic N) is 1. The van der Waals surface area contributed by atoms with Gasteiger partial charge in [-0.05, 0) is 12.1 Å². The minimum atomic E-state index is -2.54. The number of hydrogen-bond donors (Lipinski definition) is 1. The number of hydrogen-bond acceptors (Lipinski definition) is 3. The summed E-state index contributed by atoms with van der Waals surface area (Å²) >= 11 is 0. The van der Waals surface area contributed by atoms with Gasteiger partial charge in [0, 0.05) is 23.6 Å². The maximum absolute atomic E-state index is 12.3. The van der Waals surface area contributed by atoms with E-state index >= 15 is 0 Å². The van der Waals surface area contributed by atoms with Crippen molar-refractivity contribution in [3.8, 4) is 0 Å². The largest absolute Gasteiger partial charge is 0.507 e. The molecule has 1 aliphatic heterocycles. The first-order valence-electron chi connectivity index (χ1n) is 4.63. The fraction of sp³-hybridized carbons (Fsp3) is 0.300. The zero-order chi connectivity index (χ0) is 11.7. The Balaban J connectivity index is 2.45. The van der Waals surface area contributed by atoms with Gasteiger partial charge in [-0.25, -0.2) is 8.78 Å². The van der Waals surface area contributed by atoms with Crippen LogP contribution in [0.5, 0.6) is 0 Å². The van der Waals surface area contributed by atoms with Crippen molar-refractivity contribution in [2.24, 2.45) is 0 Å². The Morgan fingerprint density at radius 3 is 3.00 bits per heavy atom. The van der Waals surface area contributed by atoms with E-state index in [1.165, 1.54) is 6.20 Å². The van der Waals surface area contributed by atoms with Gasteiger partial charge in [0.2, 0.25) is 6.43 Å². The van der Waals surface area contributed by atoms with Crippen LogP contribution in [0.15, 0.2) is 23.7 Å². The molecular weight excluding hydrogens is 236 g/mol. The molecule has 1 aliphatic rings. The molecule has 1 N–H and O–H groups in total. The molecule has 6 heteroatoms. The average molecular weight is 245 g/mol. The maximum Gasteiger partial charge on any atom is 0.240 e. The summed E-state index contributed by atoms with van der Waals surface area (Å²) in [6.45, 7) is 0. The van der Waals surface area contributed by atoms with E-state index in [0.717, 1.165) is 5.41 Å². The van der Waals surface area contributed by atoms with Crippen molar-refractivity contribution in [1.29, 1.82) is 0 Å². The third-order valence-electron chi connectivity index (χ3n) is 2.32. The Kier molecular flexibility index (Phi) is 3.00. The monoisotopic (exact) mass is 245 g/mol. The van der Waals surface area contributed by atoms with E-state index in [4.69, 9.17) is 0 Å². The third-order valence-corrected chi connectivity index (χ3v) is 3.75. The second kappa shape index (κ2) is 4.29. The highest BCUT2D eigenvalue weighted by molar-refractivity contribution is 7.88. The summed E-state index contributed by atoms with van der Waals surface area (Å²) in [7, 11) is -1.64. The van der Waals surface area contributed by atoms with Crippen molar-refractivity contribution in [3.63, 3.8) is 0 Å². The van der Waals surface area contributed by atoms with E-state index in [2.05, 4.69) is 4.98 Å². The second-order valence-electron chi connectivity index (χ2n) is 3.38. The summed E-state index contributed by atoms with van der Waals surface area (Å²) in [5.41, 5.74) is 0.661. The van der Waals surface area contributed by atoms with Crippen molar-refractivity contribution in [1.82, 2.24) is 4.98 Å². The average Bonchev–Trinajstić information content (AvgIpc) is 2.24. The van der Waals surface area contributed by atoms with E-state index < -0.39 is 28.9 Å². The van der Waals surface area contributed by atoms with Crippen LogP contribution in [0.4, 0.5) is 8.78 Å². The quantitative estimate of drug-likeness (QED) is 0.870. The highest BCUT2D eigenvalue weighted by Crippen LogP contribution is 2.35. The van der Waals surface area contributed by atoms with E-state index in [0.29, 0.717) is 5.56 Å². The van der Waals surface area contributed by atoms with Crippen molar-refractivity contribution in [2.45, 2.75) is 18.1 Å². The molecule has 2 atom stereocenters. The first kappa shape index (κ1) is 11.2. The second-order valence-corrected chi connectivity index (χ2v) is 4.85. The zero-order valence-corrected chi connectivity index (χ0v) is 8.95. The molecule has 0 aromatic carbocycles. The number of halogens is 2. The van der Waals surface area contributed by atoms with Crippen LogP contribution in [-0.2, 0) is 10.8 Å². The smallest absolute Gasteiger partial charge is 0.240 e. The molecular formula is C10H9F2NO2S. The Hall–Kier alpha value is -1.30. The molecule has 0 radical (unpaired) electrons. The fourth-order valence-corrected chi connectivity index (χ4v) is 2.88. The van der Waals surface area contributed by atoms with E-state index in [1.54, 1.807) is 12.1 Å². The highest BCUT2D eigenvalue weighted by atomic mass is 32.2. The lowest BCUT2D eigenvalue weighted by Crippen LogP contribution is -2.16. The lowest BCUT2D eigenvalue weighted by molar-refractivity contribution is 0.136. The summed E-state index contributed by atoms with van der Waals surface area (Å²) < 4.78 is 36.3. The molecule has 2 rings (SSSR count). The van der Waals surface area contributed by atoms with Crippen molar-refractivity contribution in [2.75, 3.05) is 0 Å². The molecule has 2 heterocycles. The van der Waals surface area contributed by atoms with Gasteiger partial charge in [0.05, 0.1) is 21.7 Å².